The van der Waals surface area contributed by atoms with Crippen LogP contribution in [0.2, 0.25) is 0 Å². The Morgan fingerprint density at radius 1 is 1.33 bits per heavy atom. The Hall–Kier alpha value is -0.300. The topological polar surface area (TPSA) is 0 Å². The van der Waals surface area contributed by atoms with E-state index in [1.165, 1.54) is 24.6 Å². The molecular formula is C14H19Br. The van der Waals surface area contributed by atoms with Gasteiger partial charge >= 0.3 is 0 Å². The van der Waals surface area contributed by atoms with Crippen molar-refractivity contribution in [1.29, 1.82) is 0 Å². The molecule has 15 heavy (non-hydrogen) atoms. The zero-order chi connectivity index (χ0) is 10.7. The highest BCUT2D eigenvalue weighted by Crippen LogP contribution is 2.53. The minimum Gasteiger partial charge on any atom is -0.0925 e. The van der Waals surface area contributed by atoms with Crippen LogP contribution < -0.4 is 0 Å². The van der Waals surface area contributed by atoms with Gasteiger partial charge in [-0.2, -0.15) is 0 Å². The first-order valence-corrected chi connectivity index (χ1v) is 7.09. The van der Waals surface area contributed by atoms with Crippen LogP contribution >= 0.6 is 15.9 Å². The van der Waals surface area contributed by atoms with Crippen LogP contribution in [-0.2, 0) is 0 Å². The Morgan fingerprint density at radius 3 is 2.67 bits per heavy atom. The third-order valence-corrected chi connectivity index (χ3v) is 4.36. The average Bonchev–Trinajstić information content (AvgIpc) is 3.07. The standard InChI is InChI=1S/C14H19Br/c1-2-6-12(10-15)14-9-13(14)11-7-4-3-5-8-11/h3-5,7-8,12-14H,2,6,9-10H2,1H3. The van der Waals surface area contributed by atoms with Crippen molar-refractivity contribution in [2.24, 2.45) is 11.8 Å². The van der Waals surface area contributed by atoms with E-state index in [9.17, 15) is 0 Å². The minimum absolute atomic E-state index is 0.847. The Bertz CT molecular complexity index is 293. The number of halogens is 1. The SMILES string of the molecule is CCCC(CBr)C1CC1c1ccccc1. The van der Waals surface area contributed by atoms with Gasteiger partial charge in [-0.05, 0) is 36.2 Å². The van der Waals surface area contributed by atoms with Gasteiger partial charge in [-0.25, -0.2) is 0 Å². The summed E-state index contributed by atoms with van der Waals surface area (Å²) in [5.74, 6) is 2.67. The molecule has 2 rings (SSSR count). The van der Waals surface area contributed by atoms with Gasteiger partial charge in [0.25, 0.3) is 0 Å². The summed E-state index contributed by atoms with van der Waals surface area (Å²) in [7, 11) is 0. The smallest absolute Gasteiger partial charge is 0.00625 e. The van der Waals surface area contributed by atoms with Crippen LogP contribution in [0.25, 0.3) is 0 Å². The molecule has 1 heteroatoms. The molecule has 0 aliphatic heterocycles. The molecule has 1 aromatic carbocycles. The summed E-state index contributed by atoms with van der Waals surface area (Å²) in [6.07, 6.45) is 4.09. The van der Waals surface area contributed by atoms with Gasteiger partial charge in [-0.15, -0.1) is 0 Å². The molecule has 0 N–H and O–H groups in total. The minimum atomic E-state index is 0.847. The van der Waals surface area contributed by atoms with Crippen molar-refractivity contribution >= 4 is 15.9 Å². The van der Waals surface area contributed by atoms with Crippen LogP contribution in [-0.4, -0.2) is 5.33 Å². The largest absolute Gasteiger partial charge is 0.0925 e. The highest BCUT2D eigenvalue weighted by molar-refractivity contribution is 9.09. The first-order chi connectivity index (χ1) is 7.36. The van der Waals surface area contributed by atoms with Crippen molar-refractivity contribution in [1.82, 2.24) is 0 Å². The van der Waals surface area contributed by atoms with Crippen LogP contribution in [0.5, 0.6) is 0 Å². The predicted octanol–water partition coefficient (Wildman–Crippen LogP) is 4.60. The lowest BCUT2D eigenvalue weighted by Gasteiger charge is -2.12. The van der Waals surface area contributed by atoms with E-state index in [4.69, 9.17) is 0 Å². The summed E-state index contributed by atoms with van der Waals surface area (Å²) in [5, 5.41) is 1.18. The number of hydrogen-bond acceptors (Lipinski definition) is 0. The monoisotopic (exact) mass is 266 g/mol. The lowest BCUT2D eigenvalue weighted by Crippen LogP contribution is -2.05. The molecular weight excluding hydrogens is 248 g/mol. The van der Waals surface area contributed by atoms with Gasteiger partial charge in [0.05, 0.1) is 0 Å². The van der Waals surface area contributed by atoms with Gasteiger partial charge in [-0.3, -0.25) is 0 Å². The van der Waals surface area contributed by atoms with Gasteiger partial charge in [0, 0.05) is 5.33 Å². The van der Waals surface area contributed by atoms with Crippen LogP contribution in [0.4, 0.5) is 0 Å². The molecule has 0 heterocycles. The van der Waals surface area contributed by atoms with Crippen molar-refractivity contribution in [3.05, 3.63) is 35.9 Å². The molecule has 1 saturated carbocycles. The zero-order valence-corrected chi connectivity index (χ0v) is 10.9. The molecule has 0 spiro atoms. The second-order valence-corrected chi connectivity index (χ2v) is 5.27. The van der Waals surface area contributed by atoms with Gasteiger partial charge < -0.3 is 0 Å². The number of hydrogen-bond donors (Lipinski definition) is 0. The molecule has 1 fully saturated rings. The molecule has 0 aromatic heterocycles. The molecule has 1 aliphatic rings. The third-order valence-electron chi connectivity index (χ3n) is 3.53. The van der Waals surface area contributed by atoms with Crippen molar-refractivity contribution in [2.45, 2.75) is 32.1 Å². The molecule has 0 amide bonds. The second kappa shape index (κ2) is 5.16. The van der Waals surface area contributed by atoms with E-state index < -0.39 is 0 Å². The fourth-order valence-corrected chi connectivity index (χ4v) is 3.40. The molecule has 0 nitrogen and oxygen atoms in total. The summed E-state index contributed by atoms with van der Waals surface area (Å²) in [6.45, 7) is 2.29. The van der Waals surface area contributed by atoms with Crippen LogP contribution in [0, 0.1) is 11.8 Å². The van der Waals surface area contributed by atoms with E-state index in [1.54, 1.807) is 5.56 Å². The maximum Gasteiger partial charge on any atom is 0.00625 e. The van der Waals surface area contributed by atoms with Crippen LogP contribution in [0.1, 0.15) is 37.7 Å². The molecule has 1 aromatic rings. The highest BCUT2D eigenvalue weighted by atomic mass is 79.9. The van der Waals surface area contributed by atoms with E-state index in [2.05, 4.69) is 53.2 Å². The third kappa shape index (κ3) is 2.63. The summed E-state index contributed by atoms with van der Waals surface area (Å²) < 4.78 is 0. The number of rotatable bonds is 5. The van der Waals surface area contributed by atoms with Crippen molar-refractivity contribution < 1.29 is 0 Å². The maximum absolute atomic E-state index is 3.66. The van der Waals surface area contributed by atoms with Gasteiger partial charge in [0.2, 0.25) is 0 Å². The maximum atomic E-state index is 3.66. The first kappa shape index (κ1) is 11.2. The van der Waals surface area contributed by atoms with Gasteiger partial charge in [0.1, 0.15) is 0 Å². The quantitative estimate of drug-likeness (QED) is 0.684. The summed E-state index contributed by atoms with van der Waals surface area (Å²) in [6, 6.07) is 11.0. The lowest BCUT2D eigenvalue weighted by molar-refractivity contribution is 0.466. The van der Waals surface area contributed by atoms with Crippen LogP contribution in [0.3, 0.4) is 0 Å². The predicted molar refractivity (Wildman–Crippen MR) is 69.5 cm³/mol. The normalized spacial score (nSPS) is 26.3. The van der Waals surface area contributed by atoms with Crippen LogP contribution in [0.15, 0.2) is 30.3 Å². The summed E-state index contributed by atoms with van der Waals surface area (Å²) in [5.41, 5.74) is 1.55. The van der Waals surface area contributed by atoms with Gasteiger partial charge in [0.15, 0.2) is 0 Å². The summed E-state index contributed by atoms with van der Waals surface area (Å²) >= 11 is 3.66. The zero-order valence-electron chi connectivity index (χ0n) is 9.33. The molecule has 3 atom stereocenters. The average molecular weight is 267 g/mol. The fraction of sp³-hybridized carbons (Fsp3) is 0.571. The van der Waals surface area contributed by atoms with E-state index in [0.717, 1.165) is 17.8 Å². The van der Waals surface area contributed by atoms with E-state index in [-0.39, 0.29) is 0 Å². The number of benzene rings is 1. The highest BCUT2D eigenvalue weighted by Gasteiger charge is 2.42. The van der Waals surface area contributed by atoms with E-state index in [0.29, 0.717) is 0 Å². The Labute approximate surface area is 101 Å². The molecule has 0 radical (unpaired) electrons. The van der Waals surface area contributed by atoms with Crippen molar-refractivity contribution in [2.75, 3.05) is 5.33 Å². The van der Waals surface area contributed by atoms with Crippen molar-refractivity contribution in [3.63, 3.8) is 0 Å². The number of alkyl halides is 1. The second-order valence-electron chi connectivity index (χ2n) is 4.62. The molecule has 0 bridgehead atoms. The van der Waals surface area contributed by atoms with E-state index >= 15 is 0 Å². The molecule has 82 valence electrons. The lowest BCUT2D eigenvalue weighted by atomic mass is 9.97. The molecule has 0 saturated heterocycles. The fourth-order valence-electron chi connectivity index (χ4n) is 2.60. The first-order valence-electron chi connectivity index (χ1n) is 5.97. The molecule has 1 aliphatic carbocycles. The van der Waals surface area contributed by atoms with E-state index in [1.807, 2.05) is 0 Å². The Kier molecular flexibility index (Phi) is 3.85. The molecule has 3 unspecified atom stereocenters. The van der Waals surface area contributed by atoms with Crippen molar-refractivity contribution in [3.8, 4) is 0 Å². The summed E-state index contributed by atoms with van der Waals surface area (Å²) in [4.78, 5) is 0. The Balaban J connectivity index is 1.95. The van der Waals surface area contributed by atoms with Gasteiger partial charge in [-0.1, -0.05) is 59.6 Å². The Morgan fingerprint density at radius 2 is 2.07 bits per heavy atom.